The normalized spacial score (nSPS) is 12.6. The number of aromatic nitrogens is 1. The van der Waals surface area contributed by atoms with E-state index in [1.54, 1.807) is 24.0 Å². The van der Waals surface area contributed by atoms with Gasteiger partial charge in [0, 0.05) is 30.0 Å². The van der Waals surface area contributed by atoms with Crippen LogP contribution in [0.25, 0.3) is 10.9 Å². The fourth-order valence-electron chi connectivity index (χ4n) is 2.07. The fraction of sp³-hybridized carbons (Fsp3) is 0.357. The van der Waals surface area contributed by atoms with Gasteiger partial charge in [-0.3, -0.25) is 4.98 Å². The van der Waals surface area contributed by atoms with Crippen LogP contribution in [0.5, 0.6) is 0 Å². The highest BCUT2D eigenvalue weighted by molar-refractivity contribution is 7.98. The maximum absolute atomic E-state index is 13.7. The fourth-order valence-corrected chi connectivity index (χ4v) is 2.92. The van der Waals surface area contributed by atoms with Crippen molar-refractivity contribution in [2.45, 2.75) is 12.5 Å². The van der Waals surface area contributed by atoms with Crippen LogP contribution in [0.2, 0.25) is 5.02 Å². The minimum Gasteiger partial charge on any atom is -0.396 e. The lowest BCUT2D eigenvalue weighted by Crippen LogP contribution is -2.23. The van der Waals surface area contributed by atoms with Gasteiger partial charge in [0.25, 0.3) is 0 Å². The predicted molar refractivity (Wildman–Crippen MR) is 84.2 cm³/mol. The Bertz CT molecular complexity index is 591. The Morgan fingerprint density at radius 2 is 2.30 bits per heavy atom. The van der Waals surface area contributed by atoms with E-state index in [4.69, 9.17) is 16.7 Å². The Morgan fingerprint density at radius 3 is 3.00 bits per heavy atom. The number of hydrogen-bond donors (Lipinski definition) is 2. The van der Waals surface area contributed by atoms with Crippen molar-refractivity contribution >= 4 is 40.0 Å². The maximum Gasteiger partial charge on any atom is 0.126 e. The van der Waals surface area contributed by atoms with Crippen LogP contribution in [0.3, 0.4) is 0 Å². The molecule has 1 heterocycles. The molecule has 1 aromatic heterocycles. The molecule has 2 rings (SSSR count). The van der Waals surface area contributed by atoms with Gasteiger partial charge in [-0.15, -0.1) is 0 Å². The van der Waals surface area contributed by atoms with Crippen molar-refractivity contribution in [3.8, 4) is 0 Å². The number of pyridine rings is 1. The third kappa shape index (κ3) is 3.53. The first-order valence-electron chi connectivity index (χ1n) is 6.25. The molecule has 1 unspecified atom stereocenters. The van der Waals surface area contributed by atoms with E-state index in [0.29, 0.717) is 28.0 Å². The van der Waals surface area contributed by atoms with Crippen molar-refractivity contribution in [1.82, 2.24) is 4.98 Å². The average Bonchev–Trinajstić information content (AvgIpc) is 2.40. The van der Waals surface area contributed by atoms with Crippen molar-refractivity contribution in [2.75, 3.05) is 23.9 Å². The first-order valence-corrected chi connectivity index (χ1v) is 8.03. The molecule has 0 aliphatic carbocycles. The van der Waals surface area contributed by atoms with E-state index >= 15 is 0 Å². The predicted octanol–water partition coefficient (Wildman–Crippen LogP) is 3.55. The summed E-state index contributed by atoms with van der Waals surface area (Å²) in [6.45, 7) is 0.0830. The minimum atomic E-state index is -0.359. The molecule has 6 heteroatoms. The molecule has 0 aliphatic rings. The molecule has 2 N–H and O–H groups in total. The van der Waals surface area contributed by atoms with Gasteiger partial charge >= 0.3 is 0 Å². The SMILES string of the molecule is CSCC(CCO)Nc1cc(F)cc2c(Cl)ccnc12. The Hall–Kier alpha value is -1.04. The number of anilines is 1. The maximum atomic E-state index is 13.7. The molecule has 3 nitrogen and oxygen atoms in total. The topological polar surface area (TPSA) is 45.1 Å². The summed E-state index contributed by atoms with van der Waals surface area (Å²) < 4.78 is 13.7. The summed E-state index contributed by atoms with van der Waals surface area (Å²) in [4.78, 5) is 4.27. The zero-order valence-electron chi connectivity index (χ0n) is 11.1. The minimum absolute atomic E-state index is 0.0563. The summed E-state index contributed by atoms with van der Waals surface area (Å²) >= 11 is 7.75. The van der Waals surface area contributed by atoms with E-state index in [0.717, 1.165) is 5.75 Å². The third-order valence-corrected chi connectivity index (χ3v) is 4.03. The van der Waals surface area contributed by atoms with Crippen molar-refractivity contribution in [3.63, 3.8) is 0 Å². The van der Waals surface area contributed by atoms with E-state index in [9.17, 15) is 4.39 Å². The molecular weight excluding hydrogens is 299 g/mol. The number of nitrogens with zero attached hydrogens (tertiary/aromatic N) is 1. The smallest absolute Gasteiger partial charge is 0.126 e. The number of thioether (sulfide) groups is 1. The number of aliphatic hydroxyl groups is 1. The number of benzene rings is 1. The van der Waals surface area contributed by atoms with Gasteiger partial charge in [0.2, 0.25) is 0 Å². The van der Waals surface area contributed by atoms with Crippen LogP contribution in [0.15, 0.2) is 24.4 Å². The summed E-state index contributed by atoms with van der Waals surface area (Å²) in [6, 6.07) is 4.49. The summed E-state index contributed by atoms with van der Waals surface area (Å²) in [5.41, 5.74) is 1.25. The molecule has 0 radical (unpaired) electrons. The Labute approximate surface area is 126 Å². The number of halogens is 2. The zero-order chi connectivity index (χ0) is 14.5. The lowest BCUT2D eigenvalue weighted by atomic mass is 10.1. The molecule has 0 amide bonds. The molecule has 0 bridgehead atoms. The molecule has 20 heavy (non-hydrogen) atoms. The van der Waals surface area contributed by atoms with Gasteiger partial charge in [0.1, 0.15) is 5.82 Å². The van der Waals surface area contributed by atoms with E-state index in [2.05, 4.69) is 10.3 Å². The number of fused-ring (bicyclic) bond motifs is 1. The van der Waals surface area contributed by atoms with Crippen molar-refractivity contribution in [2.24, 2.45) is 0 Å². The van der Waals surface area contributed by atoms with E-state index in [-0.39, 0.29) is 18.5 Å². The largest absolute Gasteiger partial charge is 0.396 e. The van der Waals surface area contributed by atoms with Gasteiger partial charge in [-0.1, -0.05) is 11.6 Å². The van der Waals surface area contributed by atoms with Crippen LogP contribution >= 0.6 is 23.4 Å². The summed E-state index contributed by atoms with van der Waals surface area (Å²) in [5, 5.41) is 13.4. The van der Waals surface area contributed by atoms with Gasteiger partial charge in [-0.25, -0.2) is 4.39 Å². The first kappa shape index (κ1) is 15.4. The number of rotatable bonds is 6. The Kier molecular flexibility index (Phi) is 5.46. The Morgan fingerprint density at radius 1 is 1.50 bits per heavy atom. The van der Waals surface area contributed by atoms with Crippen molar-refractivity contribution < 1.29 is 9.50 Å². The number of hydrogen-bond acceptors (Lipinski definition) is 4. The molecule has 1 aromatic carbocycles. The quantitative estimate of drug-likeness (QED) is 0.856. The van der Waals surface area contributed by atoms with E-state index in [1.165, 1.54) is 12.1 Å². The molecule has 0 aliphatic heterocycles. The van der Waals surface area contributed by atoms with Gasteiger partial charge < -0.3 is 10.4 Å². The van der Waals surface area contributed by atoms with Crippen LogP contribution in [0, 0.1) is 5.82 Å². The highest BCUT2D eigenvalue weighted by atomic mass is 35.5. The molecule has 108 valence electrons. The van der Waals surface area contributed by atoms with Crippen LogP contribution in [0.4, 0.5) is 10.1 Å². The van der Waals surface area contributed by atoms with Crippen LogP contribution in [-0.4, -0.2) is 34.7 Å². The zero-order valence-corrected chi connectivity index (χ0v) is 12.6. The van der Waals surface area contributed by atoms with Gasteiger partial charge in [0.15, 0.2) is 0 Å². The molecule has 0 saturated carbocycles. The standard InChI is InChI=1S/C14H16ClFN2OS/c1-20-8-10(3-5-19)18-13-7-9(16)6-11-12(15)2-4-17-14(11)13/h2,4,6-7,10,18-19H,3,5,8H2,1H3. The average molecular weight is 315 g/mol. The highest BCUT2D eigenvalue weighted by Crippen LogP contribution is 2.29. The summed E-state index contributed by atoms with van der Waals surface area (Å²) in [6.07, 6.45) is 4.19. The molecule has 0 spiro atoms. The summed E-state index contributed by atoms with van der Waals surface area (Å²) in [5.74, 6) is 0.459. The monoisotopic (exact) mass is 314 g/mol. The van der Waals surface area contributed by atoms with Crippen LogP contribution < -0.4 is 5.32 Å². The molecule has 1 atom stereocenters. The highest BCUT2D eigenvalue weighted by Gasteiger charge is 2.13. The molecule has 0 saturated heterocycles. The van der Waals surface area contributed by atoms with Crippen molar-refractivity contribution in [3.05, 3.63) is 35.2 Å². The lowest BCUT2D eigenvalue weighted by Gasteiger charge is -2.19. The lowest BCUT2D eigenvalue weighted by molar-refractivity contribution is 0.282. The van der Waals surface area contributed by atoms with E-state index < -0.39 is 0 Å². The van der Waals surface area contributed by atoms with Crippen LogP contribution in [-0.2, 0) is 0 Å². The second-order valence-electron chi connectivity index (χ2n) is 4.45. The Balaban J connectivity index is 2.40. The number of aliphatic hydroxyl groups excluding tert-OH is 1. The van der Waals surface area contributed by atoms with Crippen LogP contribution in [0.1, 0.15) is 6.42 Å². The van der Waals surface area contributed by atoms with Crippen molar-refractivity contribution in [1.29, 1.82) is 0 Å². The van der Waals surface area contributed by atoms with Gasteiger partial charge in [-0.2, -0.15) is 11.8 Å². The molecular formula is C14H16ClFN2OS. The van der Waals surface area contributed by atoms with E-state index in [1.807, 2.05) is 6.26 Å². The third-order valence-electron chi connectivity index (χ3n) is 2.96. The van der Waals surface area contributed by atoms with Gasteiger partial charge in [-0.05, 0) is 30.9 Å². The van der Waals surface area contributed by atoms with Gasteiger partial charge in [0.05, 0.1) is 16.2 Å². The first-order chi connectivity index (χ1) is 9.65. The molecule has 0 fully saturated rings. The number of nitrogens with one attached hydrogen (secondary N) is 1. The second-order valence-corrected chi connectivity index (χ2v) is 5.77. The second kappa shape index (κ2) is 7.11. The molecule has 2 aromatic rings. The summed E-state index contributed by atoms with van der Waals surface area (Å²) in [7, 11) is 0.